The molecule has 0 bridgehead atoms. The molecule has 0 radical (unpaired) electrons. The van der Waals surface area contributed by atoms with Crippen LogP contribution >= 0.6 is 0 Å². The monoisotopic (exact) mass is 356 g/mol. The molecule has 1 aromatic heterocycles. The number of carbonyl (C=O) groups is 3. The lowest BCUT2D eigenvalue weighted by molar-refractivity contribution is -0.141. The van der Waals surface area contributed by atoms with Crippen LogP contribution in [0.15, 0.2) is 18.3 Å². The van der Waals surface area contributed by atoms with E-state index in [1.807, 2.05) is 0 Å². The highest BCUT2D eigenvalue weighted by atomic mass is 19.4. The third-order valence-corrected chi connectivity index (χ3v) is 4.40. The van der Waals surface area contributed by atoms with E-state index in [1.165, 1.54) is 0 Å². The average molecular weight is 356 g/mol. The van der Waals surface area contributed by atoms with Gasteiger partial charge in [-0.25, -0.2) is 4.79 Å². The van der Waals surface area contributed by atoms with Gasteiger partial charge in [-0.1, -0.05) is 19.3 Å². The Balaban J connectivity index is 1.72. The Morgan fingerprint density at radius 2 is 1.88 bits per heavy atom. The predicted octanol–water partition coefficient (Wildman–Crippen LogP) is 2.00. The second-order valence-electron chi connectivity index (χ2n) is 6.08. The zero-order valence-electron chi connectivity index (χ0n) is 13.0. The van der Waals surface area contributed by atoms with Crippen LogP contribution in [-0.4, -0.2) is 33.4 Å². The van der Waals surface area contributed by atoms with Crippen molar-refractivity contribution in [1.82, 2.24) is 20.7 Å². The second-order valence-corrected chi connectivity index (χ2v) is 6.08. The second kappa shape index (κ2) is 6.01. The first-order valence-electron chi connectivity index (χ1n) is 7.74. The van der Waals surface area contributed by atoms with Crippen molar-refractivity contribution in [2.75, 3.05) is 0 Å². The van der Waals surface area contributed by atoms with Crippen LogP contribution in [0.1, 0.15) is 48.2 Å². The summed E-state index contributed by atoms with van der Waals surface area (Å²) in [6, 6.07) is 0.837. The maximum absolute atomic E-state index is 12.5. The number of alkyl halides is 3. The highest BCUT2D eigenvalue weighted by Crippen LogP contribution is 2.33. The van der Waals surface area contributed by atoms with Crippen LogP contribution in [0.2, 0.25) is 0 Å². The zero-order valence-corrected chi connectivity index (χ0v) is 13.0. The van der Waals surface area contributed by atoms with E-state index in [1.54, 1.807) is 0 Å². The number of nitrogens with zero attached hydrogens (tertiary/aromatic N) is 2. The van der Waals surface area contributed by atoms with Gasteiger partial charge in [-0.05, 0) is 25.0 Å². The summed E-state index contributed by atoms with van der Waals surface area (Å²) in [5.41, 5.74) is -0.198. The Hall–Kier alpha value is -2.65. The van der Waals surface area contributed by atoms with E-state index >= 15 is 0 Å². The summed E-state index contributed by atoms with van der Waals surface area (Å²) in [6.45, 7) is 0. The molecule has 7 nitrogen and oxygen atoms in total. The molecule has 0 aromatic carbocycles. The van der Waals surface area contributed by atoms with Crippen molar-refractivity contribution in [2.45, 2.75) is 43.8 Å². The molecule has 4 amide bonds. The van der Waals surface area contributed by atoms with Gasteiger partial charge in [0.05, 0.1) is 5.56 Å². The fourth-order valence-corrected chi connectivity index (χ4v) is 3.08. The molecule has 1 aromatic rings. The lowest BCUT2D eigenvalue weighted by atomic mass is 9.82. The van der Waals surface area contributed by atoms with Crippen LogP contribution in [0.3, 0.4) is 0 Å². The molecule has 134 valence electrons. The number of imide groups is 1. The standard InChI is InChI=1S/C15H15F3N4O3/c16-15(17,18)10-5-4-9(8-19-10)11(23)21-22-12(24)14(20-13(22)25)6-2-1-3-7-14/h4-5,8H,1-3,6-7H2,(H,20,25)(H,21,23). The molecular formula is C15H15F3N4O3. The van der Waals surface area contributed by atoms with Gasteiger partial charge in [-0.2, -0.15) is 18.2 Å². The van der Waals surface area contributed by atoms with Crippen LogP contribution < -0.4 is 10.7 Å². The van der Waals surface area contributed by atoms with Crippen LogP contribution in [0, 0.1) is 0 Å². The van der Waals surface area contributed by atoms with Crippen LogP contribution in [-0.2, 0) is 11.0 Å². The number of aromatic nitrogens is 1. The van der Waals surface area contributed by atoms with E-state index in [2.05, 4.69) is 15.7 Å². The van der Waals surface area contributed by atoms with Gasteiger partial charge in [0, 0.05) is 6.20 Å². The molecule has 1 saturated heterocycles. The van der Waals surface area contributed by atoms with E-state index in [-0.39, 0.29) is 5.56 Å². The van der Waals surface area contributed by atoms with Crippen molar-refractivity contribution in [1.29, 1.82) is 0 Å². The van der Waals surface area contributed by atoms with E-state index in [4.69, 9.17) is 0 Å². The molecular weight excluding hydrogens is 341 g/mol. The number of hydrogen-bond acceptors (Lipinski definition) is 4. The number of pyridine rings is 1. The molecule has 2 aliphatic rings. The van der Waals surface area contributed by atoms with Crippen molar-refractivity contribution in [3.8, 4) is 0 Å². The predicted molar refractivity (Wildman–Crippen MR) is 77.9 cm³/mol. The quantitative estimate of drug-likeness (QED) is 0.793. The van der Waals surface area contributed by atoms with Gasteiger partial charge in [0.25, 0.3) is 11.8 Å². The minimum absolute atomic E-state index is 0.196. The highest BCUT2D eigenvalue weighted by molar-refractivity contribution is 6.09. The van der Waals surface area contributed by atoms with E-state index in [0.717, 1.165) is 31.5 Å². The fraction of sp³-hybridized carbons (Fsp3) is 0.467. The number of hydrazine groups is 1. The van der Waals surface area contributed by atoms with Gasteiger partial charge in [0.2, 0.25) is 0 Å². The molecule has 25 heavy (non-hydrogen) atoms. The maximum Gasteiger partial charge on any atom is 0.433 e. The Morgan fingerprint density at radius 3 is 2.44 bits per heavy atom. The fourth-order valence-electron chi connectivity index (χ4n) is 3.08. The number of urea groups is 1. The number of halogens is 3. The number of nitrogens with one attached hydrogen (secondary N) is 2. The summed E-state index contributed by atoms with van der Waals surface area (Å²) < 4.78 is 37.5. The van der Waals surface area contributed by atoms with Gasteiger partial charge >= 0.3 is 12.2 Å². The van der Waals surface area contributed by atoms with Crippen LogP contribution in [0.25, 0.3) is 0 Å². The lowest BCUT2D eigenvalue weighted by Gasteiger charge is -2.30. The summed E-state index contributed by atoms with van der Waals surface area (Å²) in [6.07, 6.45) is -0.348. The zero-order chi connectivity index (χ0) is 18.2. The Morgan fingerprint density at radius 1 is 1.20 bits per heavy atom. The number of amides is 4. The molecule has 1 spiro atoms. The average Bonchev–Trinajstić information content (AvgIpc) is 2.79. The highest BCUT2D eigenvalue weighted by Gasteiger charge is 2.52. The topological polar surface area (TPSA) is 91.4 Å². The van der Waals surface area contributed by atoms with E-state index in [0.29, 0.717) is 23.9 Å². The Bertz CT molecular complexity index is 712. The maximum atomic E-state index is 12.5. The van der Waals surface area contributed by atoms with Crippen molar-refractivity contribution in [2.24, 2.45) is 0 Å². The molecule has 1 aliphatic carbocycles. The SMILES string of the molecule is O=C(NN1C(=O)NC2(CCCCC2)C1=O)c1ccc(C(F)(F)F)nc1. The van der Waals surface area contributed by atoms with Crippen molar-refractivity contribution in [3.63, 3.8) is 0 Å². The third kappa shape index (κ3) is 3.15. The normalized spacial score (nSPS) is 19.9. The first-order valence-corrected chi connectivity index (χ1v) is 7.74. The van der Waals surface area contributed by atoms with Crippen LogP contribution in [0.4, 0.5) is 18.0 Å². The number of carbonyl (C=O) groups excluding carboxylic acids is 3. The molecule has 2 heterocycles. The molecule has 3 rings (SSSR count). The largest absolute Gasteiger partial charge is 0.433 e. The molecule has 10 heteroatoms. The first-order chi connectivity index (χ1) is 11.7. The minimum Gasteiger partial charge on any atom is -0.322 e. The first kappa shape index (κ1) is 17.2. The summed E-state index contributed by atoms with van der Waals surface area (Å²) in [7, 11) is 0. The number of hydrogen-bond donors (Lipinski definition) is 2. The molecule has 2 N–H and O–H groups in total. The third-order valence-electron chi connectivity index (χ3n) is 4.40. The van der Waals surface area contributed by atoms with Gasteiger partial charge in [-0.3, -0.25) is 20.0 Å². The van der Waals surface area contributed by atoms with E-state index < -0.39 is 35.3 Å². The Labute approximate surface area is 140 Å². The smallest absolute Gasteiger partial charge is 0.322 e. The summed E-state index contributed by atoms with van der Waals surface area (Å²) in [5, 5.41) is 3.20. The van der Waals surface area contributed by atoms with Crippen molar-refractivity contribution >= 4 is 17.8 Å². The molecule has 2 fully saturated rings. The van der Waals surface area contributed by atoms with Crippen molar-refractivity contribution < 1.29 is 27.6 Å². The summed E-state index contributed by atoms with van der Waals surface area (Å²) in [5.74, 6) is -1.44. The van der Waals surface area contributed by atoms with Crippen LogP contribution in [0.5, 0.6) is 0 Å². The minimum atomic E-state index is -4.62. The summed E-state index contributed by atoms with van der Waals surface area (Å²) in [4.78, 5) is 39.8. The summed E-state index contributed by atoms with van der Waals surface area (Å²) >= 11 is 0. The van der Waals surface area contributed by atoms with Gasteiger partial charge in [0.15, 0.2) is 0 Å². The van der Waals surface area contributed by atoms with Gasteiger partial charge < -0.3 is 5.32 Å². The van der Waals surface area contributed by atoms with Gasteiger partial charge in [-0.15, -0.1) is 0 Å². The molecule has 0 unspecified atom stereocenters. The Kier molecular flexibility index (Phi) is 4.13. The van der Waals surface area contributed by atoms with Gasteiger partial charge in [0.1, 0.15) is 11.2 Å². The molecule has 1 saturated carbocycles. The number of rotatable bonds is 2. The van der Waals surface area contributed by atoms with E-state index in [9.17, 15) is 27.6 Å². The molecule has 1 aliphatic heterocycles. The lowest BCUT2D eigenvalue weighted by Crippen LogP contribution is -2.50. The molecule has 0 atom stereocenters. The van der Waals surface area contributed by atoms with Crippen molar-refractivity contribution in [3.05, 3.63) is 29.6 Å².